The molecule has 4 rings (SSSR count). The van der Waals surface area contributed by atoms with Gasteiger partial charge in [-0.05, 0) is 59.6 Å². The highest BCUT2D eigenvalue weighted by atomic mass is 19.4. The smallest absolute Gasteiger partial charge is 0.340 e. The number of hydrogen-bond acceptors (Lipinski definition) is 4. The van der Waals surface area contributed by atoms with Gasteiger partial charge in [0.1, 0.15) is 11.4 Å². The Bertz CT molecular complexity index is 1080. The van der Waals surface area contributed by atoms with Crippen molar-refractivity contribution in [1.29, 1.82) is 0 Å². The number of aromatic nitrogens is 2. The van der Waals surface area contributed by atoms with E-state index in [9.17, 15) is 13.2 Å². The molecule has 2 aromatic carbocycles. The van der Waals surface area contributed by atoms with Crippen LogP contribution in [0.3, 0.4) is 0 Å². The first-order valence-electron chi connectivity index (χ1n) is 11.3. The number of anilines is 4. The van der Waals surface area contributed by atoms with E-state index in [1.165, 1.54) is 31.2 Å². The highest BCUT2D eigenvalue weighted by Crippen LogP contribution is 2.37. The first-order chi connectivity index (χ1) is 15.6. The van der Waals surface area contributed by atoms with Crippen LogP contribution in [0.4, 0.5) is 36.3 Å². The van der Waals surface area contributed by atoms with Crippen LogP contribution in [0.15, 0.2) is 54.7 Å². The Kier molecular flexibility index (Phi) is 6.32. The summed E-state index contributed by atoms with van der Waals surface area (Å²) >= 11 is 0. The summed E-state index contributed by atoms with van der Waals surface area (Å²) in [5.74, 6) is 0.362. The molecule has 3 aromatic rings. The Morgan fingerprint density at radius 1 is 0.818 bits per heavy atom. The molecule has 1 saturated carbocycles. The topological polar surface area (TPSA) is 49.8 Å². The fourth-order valence-electron chi connectivity index (χ4n) is 4.16. The molecule has 0 atom stereocenters. The Labute approximate surface area is 192 Å². The third-order valence-electron chi connectivity index (χ3n) is 6.10. The van der Waals surface area contributed by atoms with Gasteiger partial charge in [0.15, 0.2) is 0 Å². The maximum Gasteiger partial charge on any atom is 0.421 e. The molecule has 1 aliphatic carbocycles. The van der Waals surface area contributed by atoms with Crippen molar-refractivity contribution in [2.24, 2.45) is 0 Å². The van der Waals surface area contributed by atoms with Gasteiger partial charge in [-0.15, -0.1) is 0 Å². The molecule has 0 spiro atoms. The van der Waals surface area contributed by atoms with E-state index in [0.29, 0.717) is 17.3 Å². The third-order valence-corrected chi connectivity index (χ3v) is 6.10. The van der Waals surface area contributed by atoms with Gasteiger partial charge in [0, 0.05) is 17.6 Å². The van der Waals surface area contributed by atoms with E-state index in [-0.39, 0.29) is 17.2 Å². The second kappa shape index (κ2) is 9.04. The molecule has 0 bridgehead atoms. The zero-order chi connectivity index (χ0) is 23.6. The summed E-state index contributed by atoms with van der Waals surface area (Å²) in [5.41, 5.74) is 2.75. The molecule has 174 valence electrons. The second-order valence-electron chi connectivity index (χ2n) is 9.63. The van der Waals surface area contributed by atoms with E-state index in [4.69, 9.17) is 0 Å². The molecule has 2 N–H and O–H groups in total. The Hall–Kier alpha value is -3.09. The molecule has 4 nitrogen and oxygen atoms in total. The molecule has 0 aliphatic heterocycles. The standard InChI is InChI=1S/C26H29F3N4/c1-25(2,3)19-10-14-21(15-11-19)32-24-30-16-22(26(27,28)29)23(33-24)31-20-12-8-18(9-13-20)17-6-4-5-7-17/h8-17H,4-7H2,1-3H3,(H2,30,31,32,33). The molecule has 7 heteroatoms. The van der Waals surface area contributed by atoms with Crippen molar-refractivity contribution >= 4 is 23.1 Å². The second-order valence-corrected chi connectivity index (χ2v) is 9.63. The van der Waals surface area contributed by atoms with Gasteiger partial charge < -0.3 is 10.6 Å². The fraction of sp³-hybridized carbons (Fsp3) is 0.385. The molecule has 1 fully saturated rings. The van der Waals surface area contributed by atoms with Crippen LogP contribution >= 0.6 is 0 Å². The molecule has 0 radical (unpaired) electrons. The van der Waals surface area contributed by atoms with Crippen molar-refractivity contribution in [2.45, 2.75) is 64.0 Å². The molecule has 1 aromatic heterocycles. The van der Waals surface area contributed by atoms with E-state index in [1.54, 1.807) is 0 Å². The van der Waals surface area contributed by atoms with E-state index in [0.717, 1.165) is 11.8 Å². The lowest BCUT2D eigenvalue weighted by atomic mass is 9.87. The van der Waals surface area contributed by atoms with Crippen molar-refractivity contribution in [2.75, 3.05) is 10.6 Å². The van der Waals surface area contributed by atoms with Crippen LogP contribution in [0, 0.1) is 0 Å². The van der Waals surface area contributed by atoms with Gasteiger partial charge in [0.05, 0.1) is 0 Å². The first-order valence-corrected chi connectivity index (χ1v) is 11.3. The van der Waals surface area contributed by atoms with Gasteiger partial charge in [-0.1, -0.05) is 57.9 Å². The Morgan fingerprint density at radius 2 is 1.39 bits per heavy atom. The number of nitrogens with one attached hydrogen (secondary N) is 2. The van der Waals surface area contributed by atoms with Crippen molar-refractivity contribution < 1.29 is 13.2 Å². The molecule has 1 heterocycles. The minimum atomic E-state index is -4.57. The van der Waals surface area contributed by atoms with Crippen LogP contribution in [-0.4, -0.2) is 9.97 Å². The van der Waals surface area contributed by atoms with Crippen LogP contribution in [0.1, 0.15) is 69.1 Å². The number of benzene rings is 2. The van der Waals surface area contributed by atoms with E-state index in [1.807, 2.05) is 48.5 Å². The summed E-state index contributed by atoms with van der Waals surface area (Å²) in [6.07, 6.45) is 1.04. The maximum absolute atomic E-state index is 13.6. The van der Waals surface area contributed by atoms with Gasteiger partial charge in [-0.2, -0.15) is 18.2 Å². The molecule has 33 heavy (non-hydrogen) atoms. The summed E-state index contributed by atoms with van der Waals surface area (Å²) < 4.78 is 40.8. The monoisotopic (exact) mass is 454 g/mol. The average molecular weight is 455 g/mol. The minimum absolute atomic E-state index is 0.00773. The molecule has 0 saturated heterocycles. The average Bonchev–Trinajstić information content (AvgIpc) is 3.28. The van der Waals surface area contributed by atoms with Crippen LogP contribution in [0.5, 0.6) is 0 Å². The number of nitrogens with zero attached hydrogens (tertiary/aromatic N) is 2. The molecular formula is C26H29F3N4. The third kappa shape index (κ3) is 5.64. The Morgan fingerprint density at radius 3 is 1.97 bits per heavy atom. The van der Waals surface area contributed by atoms with Crippen molar-refractivity contribution in [1.82, 2.24) is 9.97 Å². The number of rotatable bonds is 5. The van der Waals surface area contributed by atoms with Gasteiger partial charge in [-0.25, -0.2) is 4.98 Å². The molecule has 0 amide bonds. The summed E-state index contributed by atoms with van der Waals surface area (Å²) in [6.45, 7) is 6.35. The fourth-order valence-corrected chi connectivity index (χ4v) is 4.16. The van der Waals surface area contributed by atoms with Gasteiger partial charge in [-0.3, -0.25) is 0 Å². The summed E-state index contributed by atoms with van der Waals surface area (Å²) in [5, 5.41) is 5.84. The lowest BCUT2D eigenvalue weighted by Gasteiger charge is -2.19. The lowest BCUT2D eigenvalue weighted by molar-refractivity contribution is -0.137. The van der Waals surface area contributed by atoms with E-state index >= 15 is 0 Å². The SMILES string of the molecule is CC(C)(C)c1ccc(Nc2ncc(C(F)(F)F)c(Nc3ccc(C4CCCC4)cc3)n2)cc1. The number of halogens is 3. The van der Waals surface area contributed by atoms with E-state index in [2.05, 4.69) is 41.4 Å². The number of hydrogen-bond donors (Lipinski definition) is 2. The first kappa shape index (κ1) is 23.1. The predicted octanol–water partition coefficient (Wildman–Crippen LogP) is 7.94. The quantitative estimate of drug-likeness (QED) is 0.411. The molecule has 1 aliphatic rings. The van der Waals surface area contributed by atoms with Gasteiger partial charge >= 0.3 is 6.18 Å². The van der Waals surface area contributed by atoms with Crippen molar-refractivity contribution in [3.8, 4) is 0 Å². The highest BCUT2D eigenvalue weighted by Gasteiger charge is 2.35. The normalized spacial score (nSPS) is 15.0. The van der Waals surface area contributed by atoms with Gasteiger partial charge in [0.2, 0.25) is 5.95 Å². The largest absolute Gasteiger partial charge is 0.421 e. The summed E-state index contributed by atoms with van der Waals surface area (Å²) in [6, 6.07) is 15.3. The minimum Gasteiger partial charge on any atom is -0.340 e. The van der Waals surface area contributed by atoms with Crippen molar-refractivity contribution in [3.63, 3.8) is 0 Å². The predicted molar refractivity (Wildman–Crippen MR) is 126 cm³/mol. The summed E-state index contributed by atoms with van der Waals surface area (Å²) in [7, 11) is 0. The molecular weight excluding hydrogens is 425 g/mol. The lowest BCUT2D eigenvalue weighted by Crippen LogP contribution is -2.13. The summed E-state index contributed by atoms with van der Waals surface area (Å²) in [4.78, 5) is 8.05. The zero-order valence-corrected chi connectivity index (χ0v) is 19.1. The van der Waals surface area contributed by atoms with Crippen LogP contribution in [0.2, 0.25) is 0 Å². The van der Waals surface area contributed by atoms with Crippen LogP contribution in [-0.2, 0) is 11.6 Å². The number of alkyl halides is 3. The van der Waals surface area contributed by atoms with Crippen LogP contribution < -0.4 is 10.6 Å². The molecule has 0 unspecified atom stereocenters. The van der Waals surface area contributed by atoms with Gasteiger partial charge in [0.25, 0.3) is 0 Å². The van der Waals surface area contributed by atoms with Crippen molar-refractivity contribution in [3.05, 3.63) is 71.4 Å². The maximum atomic E-state index is 13.6. The zero-order valence-electron chi connectivity index (χ0n) is 19.1. The van der Waals surface area contributed by atoms with Crippen LogP contribution in [0.25, 0.3) is 0 Å². The van der Waals surface area contributed by atoms with E-state index < -0.39 is 11.7 Å². The Balaban J connectivity index is 1.56. The highest BCUT2D eigenvalue weighted by molar-refractivity contribution is 5.63.